The maximum atomic E-state index is 12.4. The van der Waals surface area contributed by atoms with Crippen LogP contribution in [0.2, 0.25) is 0 Å². The lowest BCUT2D eigenvalue weighted by Crippen LogP contribution is -2.52. The molecule has 2 heterocycles. The van der Waals surface area contributed by atoms with Gasteiger partial charge in [0.05, 0.1) is 6.54 Å². The molecule has 0 radical (unpaired) electrons. The lowest BCUT2D eigenvalue weighted by Gasteiger charge is -2.35. The molecule has 4 rings (SSSR count). The fraction of sp³-hybridized carbons (Fsp3) is 0.391. The van der Waals surface area contributed by atoms with E-state index in [2.05, 4.69) is 10.2 Å². The fourth-order valence-corrected chi connectivity index (χ4v) is 3.74. The zero-order valence-corrected chi connectivity index (χ0v) is 17.0. The van der Waals surface area contributed by atoms with E-state index in [-0.39, 0.29) is 17.9 Å². The van der Waals surface area contributed by atoms with Crippen LogP contribution in [-0.2, 0) is 14.3 Å². The van der Waals surface area contributed by atoms with Gasteiger partial charge in [-0.3, -0.25) is 14.5 Å². The third-order valence-electron chi connectivity index (χ3n) is 5.37. The molecule has 158 valence electrons. The number of para-hydroxylation sites is 1. The van der Waals surface area contributed by atoms with Crippen LogP contribution in [0.1, 0.15) is 12.8 Å². The van der Waals surface area contributed by atoms with E-state index < -0.39 is 0 Å². The van der Waals surface area contributed by atoms with E-state index in [0.717, 1.165) is 24.3 Å². The van der Waals surface area contributed by atoms with Crippen molar-refractivity contribution in [2.24, 2.45) is 0 Å². The van der Waals surface area contributed by atoms with Crippen molar-refractivity contribution in [3.8, 4) is 11.5 Å². The van der Waals surface area contributed by atoms with Crippen molar-refractivity contribution in [1.82, 2.24) is 9.80 Å². The van der Waals surface area contributed by atoms with Crippen molar-refractivity contribution < 1.29 is 19.1 Å². The van der Waals surface area contributed by atoms with Crippen LogP contribution >= 0.6 is 0 Å². The Morgan fingerprint density at radius 3 is 2.33 bits per heavy atom. The van der Waals surface area contributed by atoms with Crippen LogP contribution in [0.15, 0.2) is 54.6 Å². The molecule has 0 bridgehead atoms. The minimum Gasteiger partial charge on any atom is -0.457 e. The molecule has 1 N–H and O–H groups in total. The summed E-state index contributed by atoms with van der Waals surface area (Å²) in [5.74, 6) is 1.51. The molecule has 0 aromatic heterocycles. The number of nitrogens with zero attached hydrogens (tertiary/aromatic N) is 2. The van der Waals surface area contributed by atoms with Crippen LogP contribution in [0, 0.1) is 0 Å². The third-order valence-corrected chi connectivity index (χ3v) is 5.37. The Labute approximate surface area is 176 Å². The highest BCUT2D eigenvalue weighted by Crippen LogP contribution is 2.22. The van der Waals surface area contributed by atoms with Crippen LogP contribution in [0.4, 0.5) is 5.69 Å². The Kier molecular flexibility index (Phi) is 6.61. The lowest BCUT2D eigenvalue weighted by molar-refractivity contribution is -0.142. The van der Waals surface area contributed by atoms with E-state index in [4.69, 9.17) is 9.47 Å². The second-order valence-corrected chi connectivity index (χ2v) is 7.59. The number of anilines is 1. The van der Waals surface area contributed by atoms with Crippen molar-refractivity contribution in [3.05, 3.63) is 54.6 Å². The van der Waals surface area contributed by atoms with Gasteiger partial charge in [0, 0.05) is 38.5 Å². The standard InChI is InChI=1S/C23H27N3O4/c27-22(17-25-12-14-26(15-13-25)23(28)21-7-4-16-29-21)24-18-8-10-20(11-9-18)30-19-5-2-1-3-6-19/h1-3,5-6,8-11,21H,4,7,12-17H2,(H,24,27). The summed E-state index contributed by atoms with van der Waals surface area (Å²) in [4.78, 5) is 28.7. The van der Waals surface area contributed by atoms with Gasteiger partial charge in [0.25, 0.3) is 5.91 Å². The molecule has 7 heteroatoms. The molecular formula is C23H27N3O4. The molecule has 2 aliphatic heterocycles. The maximum absolute atomic E-state index is 12.4. The summed E-state index contributed by atoms with van der Waals surface area (Å²) < 4.78 is 11.3. The summed E-state index contributed by atoms with van der Waals surface area (Å²) >= 11 is 0. The quantitative estimate of drug-likeness (QED) is 0.794. The van der Waals surface area contributed by atoms with E-state index in [9.17, 15) is 9.59 Å². The van der Waals surface area contributed by atoms with E-state index in [1.807, 2.05) is 59.5 Å². The second-order valence-electron chi connectivity index (χ2n) is 7.59. The van der Waals surface area contributed by atoms with Gasteiger partial charge in [0.2, 0.25) is 5.91 Å². The summed E-state index contributed by atoms with van der Waals surface area (Å²) in [5, 5.41) is 2.92. The van der Waals surface area contributed by atoms with Crippen molar-refractivity contribution >= 4 is 17.5 Å². The molecule has 1 atom stereocenters. The van der Waals surface area contributed by atoms with Crippen LogP contribution in [0.3, 0.4) is 0 Å². The topological polar surface area (TPSA) is 71.1 Å². The van der Waals surface area contributed by atoms with E-state index in [0.29, 0.717) is 45.1 Å². The number of carbonyl (C=O) groups excluding carboxylic acids is 2. The van der Waals surface area contributed by atoms with Gasteiger partial charge in [-0.2, -0.15) is 0 Å². The van der Waals surface area contributed by atoms with Crippen LogP contribution in [-0.4, -0.2) is 67.0 Å². The minimum absolute atomic E-state index is 0.0642. The van der Waals surface area contributed by atoms with Gasteiger partial charge in [-0.25, -0.2) is 0 Å². The summed E-state index contributed by atoms with van der Waals surface area (Å²) in [7, 11) is 0. The zero-order chi connectivity index (χ0) is 20.8. The van der Waals surface area contributed by atoms with Gasteiger partial charge in [0.15, 0.2) is 0 Å². The first-order chi connectivity index (χ1) is 14.7. The normalized spacial score (nSPS) is 19.5. The molecule has 2 aromatic rings. The zero-order valence-electron chi connectivity index (χ0n) is 17.0. The molecule has 0 spiro atoms. The average molecular weight is 409 g/mol. The molecule has 2 aliphatic rings. The first-order valence-corrected chi connectivity index (χ1v) is 10.4. The molecule has 30 heavy (non-hydrogen) atoms. The average Bonchev–Trinajstić information content (AvgIpc) is 3.31. The van der Waals surface area contributed by atoms with Gasteiger partial charge in [0.1, 0.15) is 17.6 Å². The first kappa shape index (κ1) is 20.4. The highest BCUT2D eigenvalue weighted by Gasteiger charge is 2.30. The Morgan fingerprint density at radius 1 is 0.967 bits per heavy atom. The van der Waals surface area contributed by atoms with Crippen LogP contribution < -0.4 is 10.1 Å². The number of amides is 2. The van der Waals surface area contributed by atoms with Crippen LogP contribution in [0.25, 0.3) is 0 Å². The third kappa shape index (κ3) is 5.37. The predicted octanol–water partition coefficient (Wildman–Crippen LogP) is 2.74. The van der Waals surface area contributed by atoms with E-state index >= 15 is 0 Å². The summed E-state index contributed by atoms with van der Waals surface area (Å²) in [5.41, 5.74) is 0.729. The number of nitrogens with one attached hydrogen (secondary N) is 1. The molecule has 2 aromatic carbocycles. The molecule has 2 amide bonds. The first-order valence-electron chi connectivity index (χ1n) is 10.4. The number of benzene rings is 2. The maximum Gasteiger partial charge on any atom is 0.251 e. The molecule has 2 fully saturated rings. The van der Waals surface area contributed by atoms with Crippen LogP contribution in [0.5, 0.6) is 11.5 Å². The van der Waals surface area contributed by atoms with E-state index in [1.54, 1.807) is 0 Å². The largest absolute Gasteiger partial charge is 0.457 e. The Bertz CT molecular complexity index is 843. The van der Waals surface area contributed by atoms with Gasteiger partial charge >= 0.3 is 0 Å². The molecule has 1 unspecified atom stereocenters. The summed E-state index contributed by atoms with van der Waals surface area (Å²) in [6.45, 7) is 3.64. The minimum atomic E-state index is -0.270. The number of piperazine rings is 1. The van der Waals surface area contributed by atoms with Gasteiger partial charge in [-0.1, -0.05) is 18.2 Å². The van der Waals surface area contributed by atoms with E-state index in [1.165, 1.54) is 0 Å². The highest BCUT2D eigenvalue weighted by atomic mass is 16.5. The number of hydrogen-bond donors (Lipinski definition) is 1. The predicted molar refractivity (Wildman–Crippen MR) is 114 cm³/mol. The molecular weight excluding hydrogens is 382 g/mol. The molecule has 0 saturated carbocycles. The highest BCUT2D eigenvalue weighted by molar-refractivity contribution is 5.92. The SMILES string of the molecule is O=C(CN1CCN(C(=O)C2CCCO2)CC1)Nc1ccc(Oc2ccccc2)cc1. The van der Waals surface area contributed by atoms with Gasteiger partial charge in [-0.15, -0.1) is 0 Å². The number of rotatable bonds is 6. The smallest absolute Gasteiger partial charge is 0.251 e. The molecule has 7 nitrogen and oxygen atoms in total. The van der Waals surface area contributed by atoms with Crippen molar-refractivity contribution in [1.29, 1.82) is 0 Å². The van der Waals surface area contributed by atoms with Crippen molar-refractivity contribution in [3.63, 3.8) is 0 Å². The lowest BCUT2D eigenvalue weighted by atomic mass is 10.2. The number of ether oxygens (including phenoxy) is 2. The molecule has 0 aliphatic carbocycles. The monoisotopic (exact) mass is 409 g/mol. The Hall–Kier alpha value is -2.90. The number of carbonyl (C=O) groups is 2. The number of hydrogen-bond acceptors (Lipinski definition) is 5. The summed E-state index contributed by atoms with van der Waals surface area (Å²) in [6, 6.07) is 16.9. The Morgan fingerprint density at radius 2 is 1.67 bits per heavy atom. The molecule has 2 saturated heterocycles. The van der Waals surface area contributed by atoms with Crippen molar-refractivity contribution in [2.45, 2.75) is 18.9 Å². The summed E-state index contributed by atoms with van der Waals surface area (Å²) in [6.07, 6.45) is 1.50. The Balaban J connectivity index is 1.21. The van der Waals surface area contributed by atoms with Gasteiger partial charge in [-0.05, 0) is 49.2 Å². The second kappa shape index (κ2) is 9.73. The fourth-order valence-electron chi connectivity index (χ4n) is 3.74. The van der Waals surface area contributed by atoms with Crippen molar-refractivity contribution in [2.75, 3.05) is 44.6 Å². The van der Waals surface area contributed by atoms with Gasteiger partial charge < -0.3 is 19.7 Å².